The van der Waals surface area contributed by atoms with Crippen LogP contribution in [0.4, 0.5) is 0 Å². The zero-order chi connectivity index (χ0) is 12.6. The Morgan fingerprint density at radius 2 is 2.00 bits per heavy atom. The molecule has 0 radical (unpaired) electrons. The number of hydrogen-bond acceptors (Lipinski definition) is 4. The zero-order valence-electron chi connectivity index (χ0n) is 10.1. The van der Waals surface area contributed by atoms with Crippen molar-refractivity contribution in [1.29, 1.82) is 0 Å². The van der Waals surface area contributed by atoms with Gasteiger partial charge in [0.15, 0.2) is 0 Å². The summed E-state index contributed by atoms with van der Waals surface area (Å²) in [5.74, 6) is 0.0625. The molecule has 1 aliphatic carbocycles. The van der Waals surface area contributed by atoms with Crippen LogP contribution in [0.1, 0.15) is 37.5 Å². The maximum Gasteiger partial charge on any atom is 0.122 e. The SMILES string of the molecule is CC(C)N[C@@H]1CCc2c(O)cc(O)cc2C1O. The smallest absolute Gasteiger partial charge is 0.122 e. The van der Waals surface area contributed by atoms with Gasteiger partial charge in [-0.05, 0) is 24.5 Å². The molecule has 0 aromatic heterocycles. The van der Waals surface area contributed by atoms with Gasteiger partial charge >= 0.3 is 0 Å². The molecule has 2 atom stereocenters. The topological polar surface area (TPSA) is 72.7 Å². The fourth-order valence-corrected chi connectivity index (χ4v) is 2.48. The molecular weight excluding hydrogens is 218 g/mol. The standard InChI is InChI=1S/C13H19NO3/c1-7(2)14-11-4-3-9-10(13(11)17)5-8(15)6-12(9)16/h5-7,11,13-17H,3-4H2,1-2H3/t11-,13?/m1/s1. The lowest BCUT2D eigenvalue weighted by Crippen LogP contribution is -2.41. The molecule has 1 aromatic carbocycles. The van der Waals surface area contributed by atoms with Crippen molar-refractivity contribution in [2.24, 2.45) is 0 Å². The molecule has 0 saturated heterocycles. The van der Waals surface area contributed by atoms with Gasteiger partial charge < -0.3 is 20.6 Å². The van der Waals surface area contributed by atoms with Gasteiger partial charge in [-0.25, -0.2) is 0 Å². The van der Waals surface area contributed by atoms with E-state index < -0.39 is 6.10 Å². The van der Waals surface area contributed by atoms with E-state index in [0.717, 1.165) is 12.0 Å². The van der Waals surface area contributed by atoms with Crippen LogP contribution >= 0.6 is 0 Å². The lowest BCUT2D eigenvalue weighted by molar-refractivity contribution is 0.109. The van der Waals surface area contributed by atoms with Crippen molar-refractivity contribution in [3.63, 3.8) is 0 Å². The predicted octanol–water partition coefficient (Wildman–Crippen LogP) is 1.44. The van der Waals surface area contributed by atoms with E-state index in [0.29, 0.717) is 18.0 Å². The summed E-state index contributed by atoms with van der Waals surface area (Å²) in [4.78, 5) is 0. The summed E-state index contributed by atoms with van der Waals surface area (Å²) in [6, 6.07) is 3.13. The number of aromatic hydroxyl groups is 2. The minimum absolute atomic E-state index is 0.00880. The first-order valence-corrected chi connectivity index (χ1v) is 5.98. The molecule has 0 saturated carbocycles. The highest BCUT2D eigenvalue weighted by atomic mass is 16.3. The number of hydrogen-bond donors (Lipinski definition) is 4. The molecule has 0 fully saturated rings. The highest BCUT2D eigenvalue weighted by molar-refractivity contribution is 5.48. The average Bonchev–Trinajstić information content (AvgIpc) is 2.22. The van der Waals surface area contributed by atoms with E-state index in [-0.39, 0.29) is 17.5 Å². The second-order valence-electron chi connectivity index (χ2n) is 4.94. The lowest BCUT2D eigenvalue weighted by atomic mass is 9.85. The number of fused-ring (bicyclic) bond motifs is 1. The number of phenolic OH excluding ortho intramolecular Hbond substituents is 2. The van der Waals surface area contributed by atoms with E-state index in [2.05, 4.69) is 5.32 Å². The van der Waals surface area contributed by atoms with Gasteiger partial charge in [0, 0.05) is 23.7 Å². The molecular formula is C13H19NO3. The average molecular weight is 237 g/mol. The molecule has 0 amide bonds. The van der Waals surface area contributed by atoms with Crippen molar-refractivity contribution in [1.82, 2.24) is 5.32 Å². The molecule has 1 aromatic rings. The molecule has 2 rings (SSSR count). The second kappa shape index (κ2) is 4.55. The van der Waals surface area contributed by atoms with Gasteiger partial charge in [-0.3, -0.25) is 0 Å². The first kappa shape index (κ1) is 12.2. The molecule has 4 heteroatoms. The van der Waals surface area contributed by atoms with Gasteiger partial charge in [-0.2, -0.15) is 0 Å². The van der Waals surface area contributed by atoms with Crippen LogP contribution in [0.3, 0.4) is 0 Å². The third kappa shape index (κ3) is 2.37. The Morgan fingerprint density at radius 3 is 2.65 bits per heavy atom. The molecule has 1 unspecified atom stereocenters. The predicted molar refractivity (Wildman–Crippen MR) is 65.1 cm³/mol. The summed E-state index contributed by atoms with van der Waals surface area (Å²) in [6.07, 6.45) is 0.812. The highest BCUT2D eigenvalue weighted by Crippen LogP contribution is 2.37. The highest BCUT2D eigenvalue weighted by Gasteiger charge is 2.30. The minimum Gasteiger partial charge on any atom is -0.508 e. The van der Waals surface area contributed by atoms with Crippen LogP contribution in [0, 0.1) is 0 Å². The summed E-state index contributed by atoms with van der Waals surface area (Å²) in [7, 11) is 0. The van der Waals surface area contributed by atoms with Crippen molar-refractivity contribution in [2.45, 2.75) is 44.9 Å². The Morgan fingerprint density at radius 1 is 1.29 bits per heavy atom. The van der Waals surface area contributed by atoms with Crippen LogP contribution in [0.15, 0.2) is 12.1 Å². The Labute approximate surface area is 101 Å². The molecule has 4 nitrogen and oxygen atoms in total. The maximum absolute atomic E-state index is 10.2. The van der Waals surface area contributed by atoms with Crippen molar-refractivity contribution >= 4 is 0 Å². The van der Waals surface area contributed by atoms with E-state index in [1.165, 1.54) is 12.1 Å². The van der Waals surface area contributed by atoms with Gasteiger partial charge in [0.05, 0.1) is 6.10 Å². The van der Waals surface area contributed by atoms with Gasteiger partial charge in [0.1, 0.15) is 11.5 Å². The Hall–Kier alpha value is -1.26. The third-order valence-electron chi connectivity index (χ3n) is 3.20. The van der Waals surface area contributed by atoms with Crippen LogP contribution in [0.2, 0.25) is 0 Å². The van der Waals surface area contributed by atoms with Crippen LogP contribution in [-0.2, 0) is 6.42 Å². The van der Waals surface area contributed by atoms with Crippen LogP contribution in [-0.4, -0.2) is 27.4 Å². The fraction of sp³-hybridized carbons (Fsp3) is 0.538. The van der Waals surface area contributed by atoms with Gasteiger partial charge in [0.2, 0.25) is 0 Å². The first-order chi connectivity index (χ1) is 7.99. The molecule has 0 aliphatic heterocycles. The lowest BCUT2D eigenvalue weighted by Gasteiger charge is -2.32. The van der Waals surface area contributed by atoms with Crippen molar-refractivity contribution < 1.29 is 15.3 Å². The van der Waals surface area contributed by atoms with E-state index in [1.807, 2.05) is 13.8 Å². The molecule has 4 N–H and O–H groups in total. The monoisotopic (exact) mass is 237 g/mol. The van der Waals surface area contributed by atoms with Crippen LogP contribution in [0.25, 0.3) is 0 Å². The van der Waals surface area contributed by atoms with E-state index >= 15 is 0 Å². The van der Waals surface area contributed by atoms with Crippen LogP contribution < -0.4 is 5.32 Å². The summed E-state index contributed by atoms with van der Waals surface area (Å²) in [5, 5.41) is 32.7. The number of aliphatic hydroxyl groups is 1. The Balaban J connectivity index is 2.31. The summed E-state index contributed by atoms with van der Waals surface area (Å²) in [6.45, 7) is 4.06. The maximum atomic E-state index is 10.2. The zero-order valence-corrected chi connectivity index (χ0v) is 10.1. The number of benzene rings is 1. The largest absolute Gasteiger partial charge is 0.508 e. The summed E-state index contributed by atoms with van der Waals surface area (Å²) < 4.78 is 0. The molecule has 17 heavy (non-hydrogen) atoms. The van der Waals surface area contributed by atoms with Crippen molar-refractivity contribution in [2.75, 3.05) is 0 Å². The van der Waals surface area contributed by atoms with Gasteiger partial charge in [0.25, 0.3) is 0 Å². The van der Waals surface area contributed by atoms with Gasteiger partial charge in [-0.15, -0.1) is 0 Å². The fourth-order valence-electron chi connectivity index (χ4n) is 2.48. The molecule has 0 spiro atoms. The van der Waals surface area contributed by atoms with E-state index in [1.54, 1.807) is 0 Å². The Kier molecular flexibility index (Phi) is 3.26. The molecule has 94 valence electrons. The number of nitrogens with one attached hydrogen (secondary N) is 1. The molecule has 0 heterocycles. The first-order valence-electron chi connectivity index (χ1n) is 5.98. The third-order valence-corrected chi connectivity index (χ3v) is 3.20. The minimum atomic E-state index is -0.681. The molecule has 0 bridgehead atoms. The van der Waals surface area contributed by atoms with Crippen molar-refractivity contribution in [3.05, 3.63) is 23.3 Å². The van der Waals surface area contributed by atoms with Crippen LogP contribution in [0.5, 0.6) is 11.5 Å². The number of rotatable bonds is 2. The van der Waals surface area contributed by atoms with E-state index in [9.17, 15) is 15.3 Å². The molecule has 1 aliphatic rings. The Bertz CT molecular complexity index is 417. The normalized spacial score (nSPS) is 23.8. The quantitative estimate of drug-likeness (QED) is 0.628. The summed E-state index contributed by atoms with van der Waals surface area (Å²) >= 11 is 0. The van der Waals surface area contributed by atoms with Crippen molar-refractivity contribution in [3.8, 4) is 11.5 Å². The number of aliphatic hydroxyl groups excluding tert-OH is 1. The number of phenols is 2. The van der Waals surface area contributed by atoms with E-state index in [4.69, 9.17) is 0 Å². The van der Waals surface area contributed by atoms with Gasteiger partial charge in [-0.1, -0.05) is 13.8 Å². The summed E-state index contributed by atoms with van der Waals surface area (Å²) in [5.41, 5.74) is 1.38. The second-order valence-corrected chi connectivity index (χ2v) is 4.94.